The first kappa shape index (κ1) is 17.5. The summed E-state index contributed by atoms with van der Waals surface area (Å²) in [4.78, 5) is 27.7. The third-order valence-corrected chi connectivity index (χ3v) is 4.79. The van der Waals surface area contributed by atoms with E-state index in [0.29, 0.717) is 6.04 Å². The van der Waals surface area contributed by atoms with E-state index in [9.17, 15) is 9.59 Å². The normalized spacial score (nSPS) is 16.5. The fourth-order valence-electron chi connectivity index (χ4n) is 3.24. The van der Waals surface area contributed by atoms with Crippen LogP contribution in [-0.2, 0) is 9.59 Å². The van der Waals surface area contributed by atoms with Crippen molar-refractivity contribution in [3.05, 3.63) is 35.9 Å². The first-order chi connectivity index (χ1) is 11.0. The molecule has 0 aromatic heterocycles. The standard InChI is InChI=1S/C18H27N3O2/c1-14(15-8-4-3-5-9-15)20(2)18(23)13-21(12-17(19)22)16-10-6-7-11-16/h3-5,8-9,14,16H,6-7,10-13H2,1-2H3,(H2,19,22)/t14-/m0/s1. The van der Waals surface area contributed by atoms with Gasteiger partial charge in [-0.2, -0.15) is 0 Å². The molecule has 1 aromatic rings. The van der Waals surface area contributed by atoms with Crippen LogP contribution in [-0.4, -0.2) is 47.8 Å². The van der Waals surface area contributed by atoms with E-state index in [1.165, 1.54) is 0 Å². The van der Waals surface area contributed by atoms with E-state index in [1.807, 2.05) is 49.2 Å². The Labute approximate surface area is 138 Å². The van der Waals surface area contributed by atoms with Gasteiger partial charge in [0.25, 0.3) is 0 Å². The highest BCUT2D eigenvalue weighted by molar-refractivity contribution is 5.80. The lowest BCUT2D eigenvalue weighted by atomic mass is 10.1. The predicted octanol–water partition coefficient (Wildman–Crippen LogP) is 1.94. The maximum Gasteiger partial charge on any atom is 0.237 e. The van der Waals surface area contributed by atoms with Gasteiger partial charge in [0.05, 0.1) is 19.1 Å². The lowest BCUT2D eigenvalue weighted by Gasteiger charge is -2.31. The second kappa shape index (κ2) is 8.11. The van der Waals surface area contributed by atoms with E-state index in [0.717, 1.165) is 31.2 Å². The van der Waals surface area contributed by atoms with Gasteiger partial charge in [0.15, 0.2) is 0 Å². The second-order valence-corrected chi connectivity index (χ2v) is 6.40. The van der Waals surface area contributed by atoms with E-state index in [1.54, 1.807) is 4.90 Å². The zero-order valence-electron chi connectivity index (χ0n) is 14.1. The number of nitrogens with two attached hydrogens (primary N) is 1. The molecular weight excluding hydrogens is 290 g/mol. The SMILES string of the molecule is C[C@@H](c1ccccc1)N(C)C(=O)CN(CC(N)=O)C1CCCC1. The molecule has 2 rings (SSSR count). The molecule has 23 heavy (non-hydrogen) atoms. The van der Waals surface area contributed by atoms with Gasteiger partial charge in [-0.15, -0.1) is 0 Å². The molecule has 1 fully saturated rings. The van der Waals surface area contributed by atoms with Gasteiger partial charge < -0.3 is 10.6 Å². The molecule has 5 nitrogen and oxygen atoms in total. The molecular formula is C18H27N3O2. The quantitative estimate of drug-likeness (QED) is 0.835. The number of primary amides is 1. The summed E-state index contributed by atoms with van der Waals surface area (Å²) in [5, 5.41) is 0. The van der Waals surface area contributed by atoms with E-state index >= 15 is 0 Å². The van der Waals surface area contributed by atoms with Crippen LogP contribution in [0.4, 0.5) is 0 Å². The highest BCUT2D eigenvalue weighted by Crippen LogP contribution is 2.24. The smallest absolute Gasteiger partial charge is 0.237 e. The van der Waals surface area contributed by atoms with Crippen LogP contribution in [0.3, 0.4) is 0 Å². The van der Waals surface area contributed by atoms with Crippen LogP contribution in [0.25, 0.3) is 0 Å². The molecule has 1 aromatic carbocycles. The van der Waals surface area contributed by atoms with Crippen LogP contribution in [0.2, 0.25) is 0 Å². The third kappa shape index (κ3) is 4.79. The fourth-order valence-corrected chi connectivity index (χ4v) is 3.24. The average Bonchev–Trinajstić information content (AvgIpc) is 3.07. The molecule has 1 aliphatic carbocycles. The maximum atomic E-state index is 12.6. The lowest BCUT2D eigenvalue weighted by molar-refractivity contribution is -0.134. The van der Waals surface area contributed by atoms with Crippen LogP contribution in [0, 0.1) is 0 Å². The number of nitrogens with zero attached hydrogens (tertiary/aromatic N) is 2. The molecule has 0 aliphatic heterocycles. The van der Waals surface area contributed by atoms with Crippen LogP contribution < -0.4 is 5.73 Å². The van der Waals surface area contributed by atoms with Crippen LogP contribution in [0.15, 0.2) is 30.3 Å². The number of hydrogen-bond donors (Lipinski definition) is 1. The molecule has 1 saturated carbocycles. The molecule has 5 heteroatoms. The summed E-state index contributed by atoms with van der Waals surface area (Å²) in [7, 11) is 1.82. The van der Waals surface area contributed by atoms with Gasteiger partial charge in [-0.25, -0.2) is 0 Å². The summed E-state index contributed by atoms with van der Waals surface area (Å²) in [6, 6.07) is 10.3. The van der Waals surface area contributed by atoms with Crippen LogP contribution >= 0.6 is 0 Å². The molecule has 0 radical (unpaired) electrons. The van der Waals surface area contributed by atoms with E-state index < -0.39 is 0 Å². The minimum atomic E-state index is -0.372. The van der Waals surface area contributed by atoms with Gasteiger partial charge in [-0.05, 0) is 25.3 Å². The van der Waals surface area contributed by atoms with Gasteiger partial charge in [0.2, 0.25) is 11.8 Å². The Morgan fingerprint density at radius 2 is 1.78 bits per heavy atom. The van der Waals surface area contributed by atoms with Gasteiger partial charge in [-0.1, -0.05) is 43.2 Å². The average molecular weight is 317 g/mol. The maximum absolute atomic E-state index is 12.6. The van der Waals surface area contributed by atoms with Crippen molar-refractivity contribution in [2.24, 2.45) is 5.73 Å². The van der Waals surface area contributed by atoms with Gasteiger partial charge in [-0.3, -0.25) is 14.5 Å². The monoisotopic (exact) mass is 317 g/mol. The van der Waals surface area contributed by atoms with Gasteiger partial charge in [0.1, 0.15) is 0 Å². The van der Waals surface area contributed by atoms with Crippen LogP contribution in [0.1, 0.15) is 44.2 Å². The largest absolute Gasteiger partial charge is 0.369 e. The first-order valence-electron chi connectivity index (χ1n) is 8.32. The van der Waals surface area contributed by atoms with Gasteiger partial charge >= 0.3 is 0 Å². The Balaban J connectivity index is 2.00. The highest BCUT2D eigenvalue weighted by atomic mass is 16.2. The fraction of sp³-hybridized carbons (Fsp3) is 0.556. The minimum absolute atomic E-state index is 0.00251. The van der Waals surface area contributed by atoms with Crippen molar-refractivity contribution >= 4 is 11.8 Å². The Kier molecular flexibility index (Phi) is 6.16. The van der Waals surface area contributed by atoms with Crippen molar-refractivity contribution in [2.45, 2.75) is 44.7 Å². The molecule has 1 aliphatic rings. The van der Waals surface area contributed by atoms with E-state index in [4.69, 9.17) is 5.73 Å². The van der Waals surface area contributed by atoms with Crippen molar-refractivity contribution in [1.29, 1.82) is 0 Å². The summed E-state index contributed by atoms with van der Waals surface area (Å²) in [5.41, 5.74) is 6.46. The molecule has 0 bridgehead atoms. The van der Waals surface area contributed by atoms with Gasteiger partial charge in [0, 0.05) is 13.1 Å². The molecule has 126 valence electrons. The van der Waals surface area contributed by atoms with Crippen LogP contribution in [0.5, 0.6) is 0 Å². The topological polar surface area (TPSA) is 66.6 Å². The Hall–Kier alpha value is -1.88. The number of benzene rings is 1. The van der Waals surface area contributed by atoms with E-state index in [2.05, 4.69) is 0 Å². The second-order valence-electron chi connectivity index (χ2n) is 6.40. The Morgan fingerprint density at radius 3 is 2.35 bits per heavy atom. The number of amides is 2. The molecule has 0 spiro atoms. The molecule has 1 atom stereocenters. The highest BCUT2D eigenvalue weighted by Gasteiger charge is 2.27. The predicted molar refractivity (Wildman–Crippen MR) is 90.7 cm³/mol. The molecule has 0 unspecified atom stereocenters. The third-order valence-electron chi connectivity index (χ3n) is 4.79. The van der Waals surface area contributed by atoms with Crippen molar-refractivity contribution in [3.63, 3.8) is 0 Å². The number of carbonyl (C=O) groups excluding carboxylic acids is 2. The van der Waals surface area contributed by atoms with Crippen molar-refractivity contribution < 1.29 is 9.59 Å². The molecule has 2 amide bonds. The number of rotatable bonds is 7. The summed E-state index contributed by atoms with van der Waals surface area (Å²) >= 11 is 0. The van der Waals surface area contributed by atoms with Crippen molar-refractivity contribution in [2.75, 3.05) is 20.1 Å². The number of carbonyl (C=O) groups is 2. The van der Waals surface area contributed by atoms with Crippen molar-refractivity contribution in [1.82, 2.24) is 9.80 Å². The summed E-state index contributed by atoms with van der Waals surface area (Å²) in [5.74, 6) is -0.349. The molecule has 2 N–H and O–H groups in total. The molecule has 0 heterocycles. The van der Waals surface area contributed by atoms with Crippen molar-refractivity contribution in [3.8, 4) is 0 Å². The number of likely N-dealkylation sites (N-methyl/N-ethyl adjacent to an activating group) is 1. The van der Waals surface area contributed by atoms with E-state index in [-0.39, 0.29) is 30.9 Å². The number of hydrogen-bond acceptors (Lipinski definition) is 3. The summed E-state index contributed by atoms with van der Waals surface area (Å²) in [6.07, 6.45) is 4.39. The molecule has 0 saturated heterocycles. The minimum Gasteiger partial charge on any atom is -0.369 e. The zero-order valence-corrected chi connectivity index (χ0v) is 14.1. The lowest BCUT2D eigenvalue weighted by Crippen LogP contribution is -2.46. The Morgan fingerprint density at radius 1 is 1.17 bits per heavy atom. The zero-order chi connectivity index (χ0) is 16.8. The first-order valence-corrected chi connectivity index (χ1v) is 8.32. The summed E-state index contributed by atoms with van der Waals surface area (Å²) < 4.78 is 0. The summed E-state index contributed by atoms with van der Waals surface area (Å²) in [6.45, 7) is 2.42. The Bertz CT molecular complexity index is 526.